The summed E-state index contributed by atoms with van der Waals surface area (Å²) in [6, 6.07) is 0. The van der Waals surface area contributed by atoms with E-state index in [1.54, 1.807) is 6.92 Å². The number of ether oxygens (including phenoxy) is 1. The molecule has 0 aromatic carbocycles. The second-order valence-electron chi connectivity index (χ2n) is 3.85. The van der Waals surface area contributed by atoms with E-state index in [-0.39, 0.29) is 6.10 Å². The van der Waals surface area contributed by atoms with Gasteiger partial charge in [-0.3, -0.25) is 0 Å². The van der Waals surface area contributed by atoms with Gasteiger partial charge in [-0.15, -0.1) is 0 Å². The van der Waals surface area contributed by atoms with Gasteiger partial charge < -0.3 is 14.9 Å². The van der Waals surface area contributed by atoms with E-state index in [0.29, 0.717) is 6.42 Å². The third-order valence-electron chi connectivity index (χ3n) is 2.56. The summed E-state index contributed by atoms with van der Waals surface area (Å²) in [6.07, 6.45) is 1.15. The minimum absolute atomic E-state index is 0.335. The van der Waals surface area contributed by atoms with Crippen molar-refractivity contribution >= 4 is 5.97 Å². The van der Waals surface area contributed by atoms with Crippen molar-refractivity contribution in [1.82, 2.24) is 0 Å². The Morgan fingerprint density at radius 1 is 1.69 bits per heavy atom. The second kappa shape index (κ2) is 3.64. The smallest absolute Gasteiger partial charge is 0.332 e. The van der Waals surface area contributed by atoms with Crippen LogP contribution in [0.15, 0.2) is 0 Å². The molecule has 0 aliphatic heterocycles. The van der Waals surface area contributed by atoms with E-state index in [1.807, 2.05) is 0 Å². The fourth-order valence-electron chi connectivity index (χ4n) is 1.64. The van der Waals surface area contributed by atoms with Crippen molar-refractivity contribution in [1.29, 1.82) is 0 Å². The Balaban J connectivity index is 2.49. The van der Waals surface area contributed by atoms with Crippen LogP contribution in [0.4, 0.5) is 0 Å². The molecule has 0 bridgehead atoms. The van der Waals surface area contributed by atoms with E-state index in [4.69, 9.17) is 9.84 Å². The number of aliphatic carboxylic acids is 1. The molecule has 2 N–H and O–H groups in total. The first-order valence-electron chi connectivity index (χ1n) is 4.54. The molecule has 4 nitrogen and oxygen atoms in total. The standard InChI is InChI=1S/C9H16O4/c1-6(8(10)11)13-7-4-3-5-9(7,2)12/h6-7,12H,3-5H2,1-2H3,(H,10,11)/t6-,7?,9?/m0/s1. The van der Waals surface area contributed by atoms with E-state index >= 15 is 0 Å². The highest BCUT2D eigenvalue weighted by Crippen LogP contribution is 2.32. The predicted molar refractivity (Wildman–Crippen MR) is 46.4 cm³/mol. The molecule has 1 saturated carbocycles. The first kappa shape index (κ1) is 10.5. The van der Waals surface area contributed by atoms with E-state index in [9.17, 15) is 9.90 Å². The molecule has 13 heavy (non-hydrogen) atoms. The normalized spacial score (nSPS) is 36.1. The van der Waals surface area contributed by atoms with Gasteiger partial charge in [-0.1, -0.05) is 0 Å². The third-order valence-corrected chi connectivity index (χ3v) is 2.56. The molecule has 1 rings (SSSR count). The Hall–Kier alpha value is -0.610. The number of carboxylic acids is 1. The van der Waals surface area contributed by atoms with Crippen LogP contribution < -0.4 is 0 Å². The highest BCUT2D eigenvalue weighted by atomic mass is 16.5. The SMILES string of the molecule is C[C@H](OC1CCCC1(C)O)C(=O)O. The van der Waals surface area contributed by atoms with Crippen molar-refractivity contribution in [3.8, 4) is 0 Å². The van der Waals surface area contributed by atoms with Crippen LogP contribution in [0.3, 0.4) is 0 Å². The van der Waals surface area contributed by atoms with Crippen molar-refractivity contribution in [2.45, 2.75) is 50.9 Å². The second-order valence-corrected chi connectivity index (χ2v) is 3.85. The lowest BCUT2D eigenvalue weighted by atomic mass is 10.0. The van der Waals surface area contributed by atoms with Crippen LogP contribution in [-0.2, 0) is 9.53 Å². The van der Waals surface area contributed by atoms with Crippen LogP contribution in [0.25, 0.3) is 0 Å². The Bertz CT molecular complexity index is 200. The molecule has 0 radical (unpaired) electrons. The third kappa shape index (κ3) is 2.42. The largest absolute Gasteiger partial charge is 0.479 e. The first-order valence-corrected chi connectivity index (χ1v) is 4.54. The average Bonchev–Trinajstić information content (AvgIpc) is 2.30. The molecular formula is C9H16O4. The summed E-state index contributed by atoms with van der Waals surface area (Å²) in [5.74, 6) is -0.984. The molecule has 0 amide bonds. The monoisotopic (exact) mass is 188 g/mol. The lowest BCUT2D eigenvalue weighted by molar-refractivity contribution is -0.161. The van der Waals surface area contributed by atoms with Gasteiger partial charge in [0, 0.05) is 0 Å². The van der Waals surface area contributed by atoms with Crippen LogP contribution in [0, 0.1) is 0 Å². The molecular weight excluding hydrogens is 172 g/mol. The van der Waals surface area contributed by atoms with Crippen LogP contribution in [-0.4, -0.2) is 34.0 Å². The summed E-state index contributed by atoms with van der Waals surface area (Å²) in [5.41, 5.74) is -0.857. The minimum Gasteiger partial charge on any atom is -0.479 e. The molecule has 76 valence electrons. The highest BCUT2D eigenvalue weighted by molar-refractivity contribution is 5.71. The number of carbonyl (C=O) groups is 1. The average molecular weight is 188 g/mol. The Kier molecular flexibility index (Phi) is 2.93. The van der Waals surface area contributed by atoms with Gasteiger partial charge >= 0.3 is 5.97 Å². The molecule has 1 fully saturated rings. The van der Waals surface area contributed by atoms with Crippen LogP contribution in [0.5, 0.6) is 0 Å². The fraction of sp³-hybridized carbons (Fsp3) is 0.889. The van der Waals surface area contributed by atoms with E-state index in [1.165, 1.54) is 6.92 Å². The molecule has 0 spiro atoms. The van der Waals surface area contributed by atoms with Gasteiger partial charge in [0.15, 0.2) is 6.10 Å². The van der Waals surface area contributed by atoms with Crippen molar-refractivity contribution in [3.05, 3.63) is 0 Å². The summed E-state index contributed by atoms with van der Waals surface area (Å²) in [6.45, 7) is 3.18. The molecule has 0 aromatic rings. The van der Waals surface area contributed by atoms with E-state index in [2.05, 4.69) is 0 Å². The fourth-order valence-corrected chi connectivity index (χ4v) is 1.64. The maximum atomic E-state index is 10.5. The van der Waals surface area contributed by atoms with E-state index in [0.717, 1.165) is 12.8 Å². The molecule has 1 aliphatic rings. The van der Waals surface area contributed by atoms with Crippen LogP contribution in [0.1, 0.15) is 33.1 Å². The number of hydrogen-bond acceptors (Lipinski definition) is 3. The number of carboxylic acid groups (broad SMARTS) is 1. The lowest BCUT2D eigenvalue weighted by Crippen LogP contribution is -2.39. The predicted octanol–water partition coefficient (Wildman–Crippen LogP) is 0.780. The number of aliphatic hydroxyl groups is 1. The molecule has 2 unspecified atom stereocenters. The van der Waals surface area contributed by atoms with E-state index < -0.39 is 17.7 Å². The molecule has 3 atom stereocenters. The topological polar surface area (TPSA) is 66.8 Å². The zero-order valence-electron chi connectivity index (χ0n) is 7.99. The van der Waals surface area contributed by atoms with Crippen LogP contribution in [0.2, 0.25) is 0 Å². The van der Waals surface area contributed by atoms with Gasteiger partial charge in [0.2, 0.25) is 0 Å². The lowest BCUT2D eigenvalue weighted by Gasteiger charge is -2.27. The maximum absolute atomic E-state index is 10.5. The van der Waals surface area contributed by atoms with Crippen molar-refractivity contribution in [3.63, 3.8) is 0 Å². The van der Waals surface area contributed by atoms with Crippen molar-refractivity contribution in [2.75, 3.05) is 0 Å². The summed E-state index contributed by atoms with van der Waals surface area (Å²) in [7, 11) is 0. The summed E-state index contributed by atoms with van der Waals surface area (Å²) in [4.78, 5) is 10.5. The molecule has 1 aliphatic carbocycles. The highest BCUT2D eigenvalue weighted by Gasteiger charge is 2.39. The Morgan fingerprint density at radius 3 is 2.69 bits per heavy atom. The van der Waals surface area contributed by atoms with Gasteiger partial charge in [0.05, 0.1) is 11.7 Å². The van der Waals surface area contributed by atoms with Crippen molar-refractivity contribution in [2.24, 2.45) is 0 Å². The van der Waals surface area contributed by atoms with Gasteiger partial charge in [-0.25, -0.2) is 4.79 Å². The maximum Gasteiger partial charge on any atom is 0.332 e. The zero-order chi connectivity index (χ0) is 10.1. The molecule has 0 saturated heterocycles. The Labute approximate surface area is 77.5 Å². The van der Waals surface area contributed by atoms with Crippen LogP contribution >= 0.6 is 0 Å². The Morgan fingerprint density at radius 2 is 2.31 bits per heavy atom. The summed E-state index contributed by atoms with van der Waals surface area (Å²) < 4.78 is 5.24. The quantitative estimate of drug-likeness (QED) is 0.686. The van der Waals surface area contributed by atoms with Gasteiger partial charge in [0.1, 0.15) is 0 Å². The minimum atomic E-state index is -0.984. The summed E-state index contributed by atoms with van der Waals surface area (Å²) in [5, 5.41) is 18.4. The van der Waals surface area contributed by atoms with Gasteiger partial charge in [-0.2, -0.15) is 0 Å². The van der Waals surface area contributed by atoms with Crippen molar-refractivity contribution < 1.29 is 19.7 Å². The summed E-state index contributed by atoms with van der Waals surface area (Å²) >= 11 is 0. The van der Waals surface area contributed by atoms with Gasteiger partial charge in [-0.05, 0) is 33.1 Å². The molecule has 0 heterocycles. The van der Waals surface area contributed by atoms with Gasteiger partial charge in [0.25, 0.3) is 0 Å². The molecule has 0 aromatic heterocycles. The number of hydrogen-bond donors (Lipinski definition) is 2. The number of rotatable bonds is 3. The zero-order valence-corrected chi connectivity index (χ0v) is 7.99. The first-order chi connectivity index (χ1) is 5.93. The molecule has 4 heteroatoms.